The van der Waals surface area contributed by atoms with Crippen molar-refractivity contribution in [1.82, 2.24) is 4.90 Å². The minimum Gasteiger partial charge on any atom is -0.469 e. The first-order chi connectivity index (χ1) is 8.19. The fourth-order valence-electron chi connectivity index (χ4n) is 1.84. The Balaban J connectivity index is 2.40. The summed E-state index contributed by atoms with van der Waals surface area (Å²) in [6, 6.07) is 0. The summed E-state index contributed by atoms with van der Waals surface area (Å²) < 4.78 is 4.56. The zero-order valence-electron chi connectivity index (χ0n) is 10.4. The summed E-state index contributed by atoms with van der Waals surface area (Å²) in [6.07, 6.45) is 3.79. The average Bonchev–Trinajstić information content (AvgIpc) is 2.26. The van der Waals surface area contributed by atoms with Crippen molar-refractivity contribution in [3.8, 4) is 0 Å². The van der Waals surface area contributed by atoms with Crippen molar-refractivity contribution in [3.05, 3.63) is 0 Å². The lowest BCUT2D eigenvalue weighted by atomic mass is 9.84. The molecule has 0 bridgehead atoms. The van der Waals surface area contributed by atoms with Crippen LogP contribution in [0.15, 0.2) is 0 Å². The predicted octanol–water partition coefficient (Wildman–Crippen LogP) is 0.561. The van der Waals surface area contributed by atoms with Crippen LogP contribution in [0.4, 0.5) is 0 Å². The van der Waals surface area contributed by atoms with E-state index in [9.17, 15) is 9.59 Å². The van der Waals surface area contributed by atoms with Crippen LogP contribution < -0.4 is 0 Å². The minimum atomic E-state index is -0.305. The third-order valence-corrected chi connectivity index (χ3v) is 3.17. The number of amides is 1. The quantitative estimate of drug-likeness (QED) is 0.663. The molecule has 1 saturated carbocycles. The maximum atomic E-state index is 12.0. The molecule has 0 spiro atoms. The highest BCUT2D eigenvalue weighted by atomic mass is 16.5. The third-order valence-electron chi connectivity index (χ3n) is 3.17. The summed E-state index contributed by atoms with van der Waals surface area (Å²) in [7, 11) is 1.34. The smallest absolute Gasteiger partial charge is 0.307 e. The molecule has 0 aromatic carbocycles. The Morgan fingerprint density at radius 3 is 2.53 bits per heavy atom. The largest absolute Gasteiger partial charge is 0.469 e. The van der Waals surface area contributed by atoms with Crippen molar-refractivity contribution in [1.29, 1.82) is 0 Å². The van der Waals surface area contributed by atoms with Gasteiger partial charge in [-0.15, -0.1) is 0 Å². The minimum absolute atomic E-state index is 0.0622. The SMILES string of the molecule is COC(=O)CCN(CCCO)C(=O)C1CCC1. The zero-order valence-corrected chi connectivity index (χ0v) is 10.4. The first kappa shape index (κ1) is 14.0. The second-order valence-corrected chi connectivity index (χ2v) is 4.36. The van der Waals surface area contributed by atoms with E-state index in [2.05, 4.69) is 4.74 Å². The highest BCUT2D eigenvalue weighted by Gasteiger charge is 2.29. The lowest BCUT2D eigenvalue weighted by molar-refractivity contribution is -0.143. The summed E-state index contributed by atoms with van der Waals surface area (Å²) >= 11 is 0. The molecule has 1 amide bonds. The summed E-state index contributed by atoms with van der Waals surface area (Å²) in [5, 5.41) is 8.80. The van der Waals surface area contributed by atoms with Crippen LogP contribution in [0.5, 0.6) is 0 Å². The lowest BCUT2D eigenvalue weighted by Crippen LogP contribution is -2.40. The fourth-order valence-corrected chi connectivity index (χ4v) is 1.84. The van der Waals surface area contributed by atoms with Crippen molar-refractivity contribution in [2.75, 3.05) is 26.8 Å². The molecule has 98 valence electrons. The van der Waals surface area contributed by atoms with E-state index in [1.165, 1.54) is 7.11 Å². The second-order valence-electron chi connectivity index (χ2n) is 4.36. The van der Waals surface area contributed by atoms with Crippen LogP contribution in [-0.2, 0) is 14.3 Å². The van der Waals surface area contributed by atoms with Crippen LogP contribution in [0, 0.1) is 5.92 Å². The molecule has 1 rings (SSSR count). The van der Waals surface area contributed by atoms with Crippen LogP contribution in [0.1, 0.15) is 32.1 Å². The van der Waals surface area contributed by atoms with E-state index in [0.717, 1.165) is 19.3 Å². The van der Waals surface area contributed by atoms with Crippen molar-refractivity contribution < 1.29 is 19.4 Å². The number of methoxy groups -OCH3 is 1. The Morgan fingerprint density at radius 1 is 1.35 bits per heavy atom. The van der Waals surface area contributed by atoms with Crippen LogP contribution in [-0.4, -0.2) is 48.7 Å². The van der Waals surface area contributed by atoms with Crippen molar-refractivity contribution in [3.63, 3.8) is 0 Å². The Kier molecular flexibility index (Phi) is 5.97. The van der Waals surface area contributed by atoms with E-state index < -0.39 is 0 Å². The molecule has 1 fully saturated rings. The molecule has 0 aromatic rings. The fraction of sp³-hybridized carbons (Fsp3) is 0.833. The van der Waals surface area contributed by atoms with Gasteiger partial charge < -0.3 is 14.7 Å². The van der Waals surface area contributed by atoms with Crippen molar-refractivity contribution in [2.45, 2.75) is 32.1 Å². The number of esters is 1. The Morgan fingerprint density at radius 2 is 2.06 bits per heavy atom. The maximum Gasteiger partial charge on any atom is 0.307 e. The molecule has 1 N–H and O–H groups in total. The standard InChI is InChI=1S/C12H21NO4/c1-17-11(15)6-8-13(7-3-9-14)12(16)10-4-2-5-10/h10,14H,2-9H2,1H3. The summed E-state index contributed by atoms with van der Waals surface area (Å²) in [5.74, 6) is -0.0552. The first-order valence-electron chi connectivity index (χ1n) is 6.15. The molecule has 0 atom stereocenters. The van der Waals surface area contributed by atoms with Crippen LogP contribution >= 0.6 is 0 Å². The molecule has 0 heterocycles. The van der Waals surface area contributed by atoms with Crippen LogP contribution in [0.2, 0.25) is 0 Å². The first-order valence-corrected chi connectivity index (χ1v) is 6.15. The van der Waals surface area contributed by atoms with Gasteiger partial charge in [0.25, 0.3) is 0 Å². The molecule has 1 aliphatic rings. The summed E-state index contributed by atoms with van der Waals surface area (Å²) in [6.45, 7) is 0.970. The van der Waals surface area contributed by atoms with Gasteiger partial charge in [-0.05, 0) is 19.3 Å². The van der Waals surface area contributed by atoms with Gasteiger partial charge >= 0.3 is 5.97 Å². The van der Waals surface area contributed by atoms with Crippen molar-refractivity contribution in [2.24, 2.45) is 5.92 Å². The number of hydrogen-bond donors (Lipinski definition) is 1. The van der Waals surface area contributed by atoms with Gasteiger partial charge in [0.2, 0.25) is 5.91 Å². The van der Waals surface area contributed by atoms with Gasteiger partial charge in [0.05, 0.1) is 13.5 Å². The molecule has 1 aliphatic carbocycles. The summed E-state index contributed by atoms with van der Waals surface area (Å²) in [4.78, 5) is 24.8. The number of carbonyl (C=O) groups excluding carboxylic acids is 2. The van der Waals surface area contributed by atoms with Gasteiger partial charge in [-0.1, -0.05) is 6.42 Å². The zero-order chi connectivity index (χ0) is 12.7. The predicted molar refractivity (Wildman–Crippen MR) is 62.3 cm³/mol. The number of rotatable bonds is 7. The molecule has 17 heavy (non-hydrogen) atoms. The Bertz CT molecular complexity index is 263. The maximum absolute atomic E-state index is 12.0. The average molecular weight is 243 g/mol. The number of aliphatic hydroxyl groups excluding tert-OH is 1. The van der Waals surface area contributed by atoms with E-state index in [0.29, 0.717) is 19.5 Å². The van der Waals surface area contributed by atoms with E-state index in [1.54, 1.807) is 4.90 Å². The van der Waals surface area contributed by atoms with Gasteiger partial charge in [-0.2, -0.15) is 0 Å². The van der Waals surface area contributed by atoms with E-state index in [-0.39, 0.29) is 30.8 Å². The molecule has 0 aliphatic heterocycles. The molecule has 0 radical (unpaired) electrons. The monoisotopic (exact) mass is 243 g/mol. The Labute approximate surface area is 102 Å². The lowest BCUT2D eigenvalue weighted by Gasteiger charge is -2.31. The van der Waals surface area contributed by atoms with Gasteiger partial charge in [-0.25, -0.2) is 0 Å². The van der Waals surface area contributed by atoms with Crippen LogP contribution in [0.25, 0.3) is 0 Å². The van der Waals surface area contributed by atoms with Crippen LogP contribution in [0.3, 0.4) is 0 Å². The van der Waals surface area contributed by atoms with Gasteiger partial charge in [0.1, 0.15) is 0 Å². The highest BCUT2D eigenvalue weighted by Crippen LogP contribution is 2.28. The molecule has 5 nitrogen and oxygen atoms in total. The highest BCUT2D eigenvalue weighted by molar-refractivity contribution is 5.80. The van der Waals surface area contributed by atoms with Crippen molar-refractivity contribution >= 4 is 11.9 Å². The number of aliphatic hydroxyl groups is 1. The van der Waals surface area contributed by atoms with Gasteiger partial charge in [0.15, 0.2) is 0 Å². The Hall–Kier alpha value is -1.10. The molecule has 0 aromatic heterocycles. The number of ether oxygens (including phenoxy) is 1. The molecule has 5 heteroatoms. The summed E-state index contributed by atoms with van der Waals surface area (Å²) in [5.41, 5.74) is 0. The normalized spacial score (nSPS) is 15.2. The topological polar surface area (TPSA) is 66.8 Å². The second kappa shape index (κ2) is 7.27. The molecular weight excluding hydrogens is 222 g/mol. The third kappa shape index (κ3) is 4.34. The van der Waals surface area contributed by atoms with E-state index in [1.807, 2.05) is 0 Å². The van der Waals surface area contributed by atoms with E-state index in [4.69, 9.17) is 5.11 Å². The van der Waals surface area contributed by atoms with Gasteiger partial charge in [-0.3, -0.25) is 9.59 Å². The molecular formula is C12H21NO4. The van der Waals surface area contributed by atoms with Gasteiger partial charge in [0, 0.05) is 25.6 Å². The molecule has 0 unspecified atom stereocenters. The molecule has 0 saturated heterocycles. The van der Waals surface area contributed by atoms with E-state index >= 15 is 0 Å². The number of nitrogens with zero attached hydrogens (tertiary/aromatic N) is 1. The number of hydrogen-bond acceptors (Lipinski definition) is 4. The number of carbonyl (C=O) groups is 2.